The van der Waals surface area contributed by atoms with Crippen molar-refractivity contribution in [3.63, 3.8) is 0 Å². The zero-order chi connectivity index (χ0) is 13.8. The molecule has 0 fully saturated rings. The van der Waals surface area contributed by atoms with Crippen molar-refractivity contribution in [1.82, 2.24) is 0 Å². The SMILES string of the molecule is NC(C=O)COC(=O)OCCOCCO[N+](=O)[O-]. The van der Waals surface area contributed by atoms with Crippen LogP contribution in [0.25, 0.3) is 0 Å². The Kier molecular flexibility index (Phi) is 9.13. The fourth-order valence-corrected chi connectivity index (χ4v) is 0.702. The average Bonchev–Trinajstić information content (AvgIpc) is 2.34. The van der Waals surface area contributed by atoms with Crippen LogP contribution in [-0.2, 0) is 23.8 Å². The van der Waals surface area contributed by atoms with Gasteiger partial charge in [-0.2, -0.15) is 0 Å². The molecular weight excluding hydrogens is 252 g/mol. The molecule has 0 saturated carbocycles. The molecule has 10 nitrogen and oxygen atoms in total. The van der Waals surface area contributed by atoms with Crippen molar-refractivity contribution >= 4 is 12.4 Å². The number of carbonyl (C=O) groups is 2. The molecule has 18 heavy (non-hydrogen) atoms. The van der Waals surface area contributed by atoms with Crippen LogP contribution < -0.4 is 5.73 Å². The van der Waals surface area contributed by atoms with Gasteiger partial charge in [-0.25, -0.2) is 4.79 Å². The average molecular weight is 266 g/mol. The normalized spacial score (nSPS) is 11.4. The fourth-order valence-electron chi connectivity index (χ4n) is 0.702. The quantitative estimate of drug-likeness (QED) is 0.171. The van der Waals surface area contributed by atoms with E-state index in [9.17, 15) is 19.7 Å². The van der Waals surface area contributed by atoms with E-state index < -0.39 is 17.3 Å². The number of hydrogen-bond acceptors (Lipinski definition) is 9. The minimum atomic E-state index is -0.975. The van der Waals surface area contributed by atoms with Gasteiger partial charge in [0.15, 0.2) is 0 Å². The van der Waals surface area contributed by atoms with E-state index in [0.29, 0.717) is 6.29 Å². The highest BCUT2D eigenvalue weighted by atomic mass is 17.0. The van der Waals surface area contributed by atoms with E-state index in [1.165, 1.54) is 0 Å². The molecule has 0 saturated heterocycles. The molecule has 0 rings (SSSR count). The maximum absolute atomic E-state index is 10.9. The van der Waals surface area contributed by atoms with Crippen molar-refractivity contribution in [3.05, 3.63) is 10.1 Å². The first kappa shape index (κ1) is 16.1. The van der Waals surface area contributed by atoms with E-state index in [2.05, 4.69) is 14.3 Å². The number of aldehydes is 1. The fraction of sp³-hybridized carbons (Fsp3) is 0.750. The highest BCUT2D eigenvalue weighted by Crippen LogP contribution is 1.88. The van der Waals surface area contributed by atoms with Gasteiger partial charge in [-0.3, -0.25) is 0 Å². The van der Waals surface area contributed by atoms with E-state index in [4.69, 9.17) is 10.5 Å². The summed E-state index contributed by atoms with van der Waals surface area (Å²) in [5, 5.41) is 8.80. The summed E-state index contributed by atoms with van der Waals surface area (Å²) in [5.74, 6) is 0. The van der Waals surface area contributed by atoms with Gasteiger partial charge >= 0.3 is 6.16 Å². The van der Waals surface area contributed by atoms with E-state index >= 15 is 0 Å². The predicted octanol–water partition coefficient (Wildman–Crippen LogP) is -1.11. The molecule has 0 aliphatic heterocycles. The number of nitrogens with two attached hydrogens (primary N) is 1. The summed E-state index contributed by atoms with van der Waals surface area (Å²) in [6.45, 7) is -0.523. The minimum absolute atomic E-state index is 0.00456. The van der Waals surface area contributed by atoms with Crippen molar-refractivity contribution in [2.75, 3.05) is 33.0 Å². The van der Waals surface area contributed by atoms with Crippen LogP contribution in [0, 0.1) is 10.1 Å². The van der Waals surface area contributed by atoms with Crippen molar-refractivity contribution < 1.29 is 33.7 Å². The van der Waals surface area contributed by atoms with Crippen LogP contribution in [0.2, 0.25) is 0 Å². The van der Waals surface area contributed by atoms with Gasteiger partial charge in [-0.15, -0.1) is 10.1 Å². The van der Waals surface area contributed by atoms with Gasteiger partial charge in [-0.05, 0) is 0 Å². The number of rotatable bonds is 10. The van der Waals surface area contributed by atoms with Crippen molar-refractivity contribution in [3.8, 4) is 0 Å². The third-order valence-corrected chi connectivity index (χ3v) is 1.44. The zero-order valence-corrected chi connectivity index (χ0v) is 9.48. The van der Waals surface area contributed by atoms with Crippen molar-refractivity contribution in [1.29, 1.82) is 0 Å². The summed E-state index contributed by atoms with van der Waals surface area (Å²) in [4.78, 5) is 34.6. The second-order valence-corrected chi connectivity index (χ2v) is 2.88. The molecule has 10 heteroatoms. The second-order valence-electron chi connectivity index (χ2n) is 2.88. The first-order chi connectivity index (χ1) is 8.56. The Labute approximate surface area is 102 Å². The molecule has 1 atom stereocenters. The van der Waals surface area contributed by atoms with Gasteiger partial charge < -0.3 is 29.6 Å². The van der Waals surface area contributed by atoms with E-state index in [1.807, 2.05) is 0 Å². The molecule has 0 amide bonds. The van der Waals surface area contributed by atoms with Gasteiger partial charge in [0.05, 0.1) is 19.3 Å². The molecule has 104 valence electrons. The van der Waals surface area contributed by atoms with Gasteiger partial charge in [0, 0.05) is 0 Å². The van der Waals surface area contributed by atoms with Crippen LogP contribution in [0.3, 0.4) is 0 Å². The van der Waals surface area contributed by atoms with Gasteiger partial charge in [0.2, 0.25) is 0 Å². The lowest BCUT2D eigenvalue weighted by atomic mass is 10.4. The van der Waals surface area contributed by atoms with Gasteiger partial charge in [-0.1, -0.05) is 0 Å². The third-order valence-electron chi connectivity index (χ3n) is 1.44. The molecule has 0 radical (unpaired) electrons. The smallest absolute Gasteiger partial charge is 0.432 e. The number of hydrogen-bond donors (Lipinski definition) is 1. The topological polar surface area (TPSA) is 140 Å². The number of nitrogens with zero attached hydrogens (tertiary/aromatic N) is 1. The molecule has 0 bridgehead atoms. The summed E-state index contributed by atoms with van der Waals surface area (Å²) < 4.78 is 13.8. The summed E-state index contributed by atoms with van der Waals surface area (Å²) >= 11 is 0. The summed E-state index contributed by atoms with van der Waals surface area (Å²) in [7, 11) is 0. The molecule has 0 heterocycles. The van der Waals surface area contributed by atoms with Gasteiger partial charge in [0.25, 0.3) is 5.09 Å². The van der Waals surface area contributed by atoms with Crippen LogP contribution in [0.4, 0.5) is 4.79 Å². The van der Waals surface area contributed by atoms with Crippen LogP contribution in [0.5, 0.6) is 0 Å². The molecule has 0 aromatic carbocycles. The Bertz CT molecular complexity index is 272. The van der Waals surface area contributed by atoms with Crippen LogP contribution in [0.1, 0.15) is 0 Å². The van der Waals surface area contributed by atoms with Crippen LogP contribution in [0.15, 0.2) is 0 Å². The highest BCUT2D eigenvalue weighted by molar-refractivity contribution is 5.61. The lowest BCUT2D eigenvalue weighted by molar-refractivity contribution is -0.758. The third kappa shape index (κ3) is 10.6. The Hall–Kier alpha value is -1.94. The summed E-state index contributed by atoms with van der Waals surface area (Å²) in [5.41, 5.74) is 5.16. The maximum Gasteiger partial charge on any atom is 0.508 e. The molecule has 0 spiro atoms. The Morgan fingerprint density at radius 1 is 1.28 bits per heavy atom. The van der Waals surface area contributed by atoms with Crippen LogP contribution >= 0.6 is 0 Å². The molecule has 0 aromatic heterocycles. The molecule has 0 aliphatic carbocycles. The van der Waals surface area contributed by atoms with E-state index in [0.717, 1.165) is 0 Å². The Morgan fingerprint density at radius 2 is 1.94 bits per heavy atom. The molecule has 0 aromatic rings. The number of carbonyl (C=O) groups excluding carboxylic acids is 2. The Morgan fingerprint density at radius 3 is 2.56 bits per heavy atom. The van der Waals surface area contributed by atoms with Crippen molar-refractivity contribution in [2.45, 2.75) is 6.04 Å². The van der Waals surface area contributed by atoms with Gasteiger partial charge in [0.1, 0.15) is 26.1 Å². The van der Waals surface area contributed by atoms with E-state index in [-0.39, 0.29) is 33.0 Å². The first-order valence-corrected chi connectivity index (χ1v) is 4.91. The number of ether oxygens (including phenoxy) is 3. The second kappa shape index (κ2) is 10.2. The zero-order valence-electron chi connectivity index (χ0n) is 9.48. The summed E-state index contributed by atoms with van der Waals surface area (Å²) in [6, 6.07) is -0.881. The summed E-state index contributed by atoms with van der Waals surface area (Å²) in [6.07, 6.45) is -0.538. The molecule has 2 N–H and O–H groups in total. The standard InChI is InChI=1S/C8H14N2O8/c9-7(5-11)6-17-8(12)16-3-1-15-2-4-18-10(13)14/h5,7H,1-4,6,9H2. The monoisotopic (exact) mass is 266 g/mol. The molecular formula is C8H14N2O8. The molecule has 1 unspecified atom stereocenters. The largest absolute Gasteiger partial charge is 0.508 e. The van der Waals surface area contributed by atoms with Crippen molar-refractivity contribution in [2.24, 2.45) is 5.73 Å². The lowest BCUT2D eigenvalue weighted by Crippen LogP contribution is -2.29. The molecule has 0 aliphatic rings. The Balaban J connectivity index is 3.30. The van der Waals surface area contributed by atoms with Crippen LogP contribution in [-0.4, -0.2) is 56.6 Å². The minimum Gasteiger partial charge on any atom is -0.432 e. The predicted molar refractivity (Wildman–Crippen MR) is 55.1 cm³/mol. The first-order valence-electron chi connectivity index (χ1n) is 4.91. The highest BCUT2D eigenvalue weighted by Gasteiger charge is 2.07. The van der Waals surface area contributed by atoms with E-state index in [1.54, 1.807) is 0 Å². The maximum atomic E-state index is 10.9. The lowest BCUT2D eigenvalue weighted by Gasteiger charge is -2.07.